The summed E-state index contributed by atoms with van der Waals surface area (Å²) in [6, 6.07) is 5.81. The summed E-state index contributed by atoms with van der Waals surface area (Å²) in [5, 5.41) is 19.3. The molecule has 0 aliphatic heterocycles. The van der Waals surface area contributed by atoms with E-state index in [4.69, 9.17) is 5.21 Å². The SMILES string of the molecule is CCCN=C(NO)c1ccc([N+](=O)[O-])cc1. The molecule has 86 valence electrons. The maximum atomic E-state index is 10.4. The molecule has 0 atom stereocenters. The predicted octanol–water partition coefficient (Wildman–Crippen LogP) is 1.73. The Balaban J connectivity index is 2.90. The largest absolute Gasteiger partial charge is 0.290 e. The molecule has 0 bridgehead atoms. The highest BCUT2D eigenvalue weighted by atomic mass is 16.6. The summed E-state index contributed by atoms with van der Waals surface area (Å²) >= 11 is 0. The first kappa shape index (κ1) is 12.1. The highest BCUT2D eigenvalue weighted by molar-refractivity contribution is 5.98. The van der Waals surface area contributed by atoms with Crippen LogP contribution >= 0.6 is 0 Å². The maximum Gasteiger partial charge on any atom is 0.269 e. The second-order valence-corrected chi connectivity index (χ2v) is 3.15. The summed E-state index contributed by atoms with van der Waals surface area (Å²) in [6.07, 6.45) is 0.859. The van der Waals surface area contributed by atoms with Crippen molar-refractivity contribution in [3.05, 3.63) is 39.9 Å². The molecule has 6 heteroatoms. The van der Waals surface area contributed by atoms with E-state index in [1.807, 2.05) is 12.4 Å². The Hall–Kier alpha value is -1.95. The lowest BCUT2D eigenvalue weighted by molar-refractivity contribution is -0.384. The summed E-state index contributed by atoms with van der Waals surface area (Å²) in [7, 11) is 0. The maximum absolute atomic E-state index is 10.4. The Morgan fingerprint density at radius 1 is 1.50 bits per heavy atom. The summed E-state index contributed by atoms with van der Waals surface area (Å²) in [4.78, 5) is 14.1. The fraction of sp³-hybridized carbons (Fsp3) is 0.300. The zero-order chi connectivity index (χ0) is 12.0. The lowest BCUT2D eigenvalue weighted by Crippen LogP contribution is -2.20. The van der Waals surface area contributed by atoms with Crippen molar-refractivity contribution in [2.45, 2.75) is 13.3 Å². The highest BCUT2D eigenvalue weighted by Crippen LogP contribution is 2.12. The Bertz CT molecular complexity index is 387. The number of hydrogen-bond donors (Lipinski definition) is 2. The molecule has 0 aromatic heterocycles. The zero-order valence-electron chi connectivity index (χ0n) is 8.88. The van der Waals surface area contributed by atoms with Crippen LogP contribution in [0.25, 0.3) is 0 Å². The minimum atomic E-state index is -0.473. The van der Waals surface area contributed by atoms with Crippen LogP contribution in [0.15, 0.2) is 29.3 Å². The second-order valence-electron chi connectivity index (χ2n) is 3.15. The monoisotopic (exact) mass is 223 g/mol. The molecule has 0 saturated heterocycles. The zero-order valence-corrected chi connectivity index (χ0v) is 8.88. The van der Waals surface area contributed by atoms with Gasteiger partial charge >= 0.3 is 0 Å². The first-order valence-electron chi connectivity index (χ1n) is 4.88. The fourth-order valence-electron chi connectivity index (χ4n) is 1.16. The van der Waals surface area contributed by atoms with E-state index >= 15 is 0 Å². The summed E-state index contributed by atoms with van der Waals surface area (Å²) in [5.74, 6) is 0.316. The summed E-state index contributed by atoms with van der Waals surface area (Å²) in [6.45, 7) is 2.55. The molecular formula is C10H13N3O3. The van der Waals surface area contributed by atoms with Gasteiger partial charge in [0.1, 0.15) is 0 Å². The van der Waals surface area contributed by atoms with Crippen LogP contribution in [0.1, 0.15) is 18.9 Å². The van der Waals surface area contributed by atoms with Crippen LogP contribution in [-0.4, -0.2) is 22.5 Å². The van der Waals surface area contributed by atoms with Gasteiger partial charge in [0.15, 0.2) is 5.84 Å². The third-order valence-corrected chi connectivity index (χ3v) is 1.95. The van der Waals surface area contributed by atoms with Crippen molar-refractivity contribution in [2.24, 2.45) is 4.99 Å². The van der Waals surface area contributed by atoms with Gasteiger partial charge in [0.25, 0.3) is 5.69 Å². The van der Waals surface area contributed by atoms with Crippen LogP contribution in [0.4, 0.5) is 5.69 Å². The van der Waals surface area contributed by atoms with E-state index in [1.165, 1.54) is 24.3 Å². The number of benzene rings is 1. The smallest absolute Gasteiger partial charge is 0.269 e. The van der Waals surface area contributed by atoms with E-state index < -0.39 is 4.92 Å². The molecule has 0 amide bonds. The molecule has 0 fully saturated rings. The van der Waals surface area contributed by atoms with Gasteiger partial charge in [-0.15, -0.1) is 0 Å². The van der Waals surface area contributed by atoms with Crippen molar-refractivity contribution in [1.29, 1.82) is 0 Å². The van der Waals surface area contributed by atoms with Gasteiger partial charge in [0, 0.05) is 24.2 Å². The minimum absolute atomic E-state index is 0.0107. The predicted molar refractivity (Wildman–Crippen MR) is 59.7 cm³/mol. The van der Waals surface area contributed by atoms with E-state index in [0.29, 0.717) is 17.9 Å². The van der Waals surface area contributed by atoms with Gasteiger partial charge in [-0.1, -0.05) is 6.92 Å². The molecule has 0 heterocycles. The lowest BCUT2D eigenvalue weighted by Gasteiger charge is -2.04. The van der Waals surface area contributed by atoms with Gasteiger partial charge in [-0.3, -0.25) is 25.8 Å². The molecule has 0 spiro atoms. The summed E-state index contributed by atoms with van der Waals surface area (Å²) < 4.78 is 0. The molecular weight excluding hydrogens is 210 g/mol. The molecule has 0 aliphatic rings. The number of nitrogens with zero attached hydrogens (tertiary/aromatic N) is 2. The van der Waals surface area contributed by atoms with Gasteiger partial charge in [-0.25, -0.2) is 0 Å². The van der Waals surface area contributed by atoms with Crippen LogP contribution in [-0.2, 0) is 0 Å². The number of hydroxylamine groups is 1. The topological polar surface area (TPSA) is 87.8 Å². The van der Waals surface area contributed by atoms with Crippen LogP contribution in [0.5, 0.6) is 0 Å². The van der Waals surface area contributed by atoms with Gasteiger partial charge in [-0.05, 0) is 18.6 Å². The molecule has 1 aromatic carbocycles. The normalized spacial score (nSPS) is 11.2. The Kier molecular flexibility index (Phi) is 4.41. The number of non-ortho nitro benzene ring substituents is 1. The van der Waals surface area contributed by atoms with E-state index in [9.17, 15) is 10.1 Å². The molecule has 2 N–H and O–H groups in total. The fourth-order valence-corrected chi connectivity index (χ4v) is 1.16. The molecule has 1 rings (SSSR count). The molecule has 1 aromatic rings. The average Bonchev–Trinajstić information content (AvgIpc) is 2.30. The number of nitrogens with one attached hydrogen (secondary N) is 1. The highest BCUT2D eigenvalue weighted by Gasteiger charge is 2.06. The van der Waals surface area contributed by atoms with Crippen LogP contribution in [0, 0.1) is 10.1 Å². The minimum Gasteiger partial charge on any atom is -0.290 e. The van der Waals surface area contributed by atoms with Gasteiger partial charge in [0.2, 0.25) is 0 Å². The lowest BCUT2D eigenvalue weighted by atomic mass is 10.2. The first-order valence-corrected chi connectivity index (χ1v) is 4.88. The van der Waals surface area contributed by atoms with E-state index in [0.717, 1.165) is 6.42 Å². The quantitative estimate of drug-likeness (QED) is 0.352. The van der Waals surface area contributed by atoms with Crippen molar-refractivity contribution < 1.29 is 10.1 Å². The number of amidine groups is 1. The van der Waals surface area contributed by atoms with Gasteiger partial charge < -0.3 is 0 Å². The number of aliphatic imine (C=N–C) groups is 1. The first-order chi connectivity index (χ1) is 7.69. The third kappa shape index (κ3) is 3.03. The Labute approximate surface area is 92.7 Å². The molecule has 0 saturated carbocycles. The van der Waals surface area contributed by atoms with E-state index in [2.05, 4.69) is 4.99 Å². The third-order valence-electron chi connectivity index (χ3n) is 1.95. The summed E-state index contributed by atoms with van der Waals surface area (Å²) in [5.41, 5.74) is 2.61. The van der Waals surface area contributed by atoms with Crippen molar-refractivity contribution >= 4 is 11.5 Å². The van der Waals surface area contributed by atoms with Crippen molar-refractivity contribution in [2.75, 3.05) is 6.54 Å². The molecule has 0 unspecified atom stereocenters. The van der Waals surface area contributed by atoms with Crippen LogP contribution in [0.3, 0.4) is 0 Å². The van der Waals surface area contributed by atoms with E-state index in [-0.39, 0.29) is 5.69 Å². The number of rotatable bonds is 4. The number of hydrogen-bond acceptors (Lipinski definition) is 4. The number of nitro benzene ring substituents is 1. The molecule has 16 heavy (non-hydrogen) atoms. The Morgan fingerprint density at radius 3 is 2.56 bits per heavy atom. The Morgan fingerprint density at radius 2 is 2.12 bits per heavy atom. The molecule has 6 nitrogen and oxygen atoms in total. The van der Waals surface area contributed by atoms with Crippen LogP contribution in [0.2, 0.25) is 0 Å². The molecule has 0 aliphatic carbocycles. The molecule has 0 radical (unpaired) electrons. The average molecular weight is 223 g/mol. The van der Waals surface area contributed by atoms with Gasteiger partial charge in [0.05, 0.1) is 4.92 Å². The van der Waals surface area contributed by atoms with Crippen molar-refractivity contribution in [3.63, 3.8) is 0 Å². The van der Waals surface area contributed by atoms with Crippen molar-refractivity contribution in [1.82, 2.24) is 5.48 Å². The van der Waals surface area contributed by atoms with Gasteiger partial charge in [-0.2, -0.15) is 0 Å². The van der Waals surface area contributed by atoms with E-state index in [1.54, 1.807) is 0 Å². The van der Waals surface area contributed by atoms with Crippen molar-refractivity contribution in [3.8, 4) is 0 Å². The standard InChI is InChI=1S/C10H13N3O3/c1-2-7-11-10(12-14)8-3-5-9(6-4-8)13(15)16/h3-6,14H,2,7H2,1H3,(H,11,12). The number of nitro groups is 1. The second kappa shape index (κ2) is 5.82. The van der Waals surface area contributed by atoms with Crippen LogP contribution < -0.4 is 5.48 Å².